The van der Waals surface area contributed by atoms with Crippen LogP contribution in [0.2, 0.25) is 0 Å². The summed E-state index contributed by atoms with van der Waals surface area (Å²) in [7, 11) is 1.58. The highest BCUT2D eigenvalue weighted by atomic mass is 79.9. The number of nitrogens with two attached hydrogens (primary N) is 1. The Morgan fingerprint density at radius 1 is 1.53 bits per heavy atom. The lowest BCUT2D eigenvalue weighted by molar-refractivity contribution is -0.123. The smallest absolute Gasteiger partial charge is 0.258 e. The zero-order valence-electron chi connectivity index (χ0n) is 11.1. The van der Waals surface area contributed by atoms with Crippen LogP contribution in [0.5, 0.6) is 5.75 Å². The number of amides is 1. The van der Waals surface area contributed by atoms with Crippen molar-refractivity contribution in [2.45, 2.75) is 13.0 Å². The number of rotatable bonds is 7. The predicted octanol–water partition coefficient (Wildman–Crippen LogP) is 1.61. The fraction of sp³-hybridized carbons (Fsp3) is 0.462. The Balaban J connectivity index is 2.56. The molecule has 0 radical (unpaired) electrons. The van der Waals surface area contributed by atoms with Crippen LogP contribution in [0.4, 0.5) is 0 Å². The molecule has 0 spiro atoms. The second-order valence-electron chi connectivity index (χ2n) is 4.10. The van der Waals surface area contributed by atoms with Gasteiger partial charge in [-0.05, 0) is 19.1 Å². The van der Waals surface area contributed by atoms with Crippen LogP contribution in [-0.4, -0.2) is 32.8 Å². The summed E-state index contributed by atoms with van der Waals surface area (Å²) in [5, 5.41) is 2.69. The molecule has 6 heteroatoms. The van der Waals surface area contributed by atoms with Gasteiger partial charge in [0.2, 0.25) is 0 Å². The molecule has 0 saturated heterocycles. The highest BCUT2D eigenvalue weighted by molar-refractivity contribution is 9.10. The third-order valence-electron chi connectivity index (χ3n) is 2.45. The van der Waals surface area contributed by atoms with Gasteiger partial charge < -0.3 is 20.5 Å². The first kappa shape index (κ1) is 15.9. The largest absolute Gasteiger partial charge is 0.483 e. The van der Waals surface area contributed by atoms with E-state index < -0.39 is 0 Å². The van der Waals surface area contributed by atoms with Gasteiger partial charge in [-0.1, -0.05) is 22.0 Å². The molecule has 19 heavy (non-hydrogen) atoms. The summed E-state index contributed by atoms with van der Waals surface area (Å²) in [6, 6.07) is 5.43. The van der Waals surface area contributed by atoms with Gasteiger partial charge in [-0.3, -0.25) is 4.79 Å². The second-order valence-corrected chi connectivity index (χ2v) is 5.02. The first-order valence-electron chi connectivity index (χ1n) is 5.98. The lowest BCUT2D eigenvalue weighted by Crippen LogP contribution is -2.31. The minimum absolute atomic E-state index is 0.0418. The van der Waals surface area contributed by atoms with Gasteiger partial charge >= 0.3 is 0 Å². The van der Waals surface area contributed by atoms with Crippen molar-refractivity contribution in [1.29, 1.82) is 0 Å². The monoisotopic (exact) mass is 330 g/mol. The summed E-state index contributed by atoms with van der Waals surface area (Å²) >= 11 is 3.37. The number of hydrogen-bond donors (Lipinski definition) is 2. The molecule has 0 aliphatic carbocycles. The predicted molar refractivity (Wildman–Crippen MR) is 77.1 cm³/mol. The van der Waals surface area contributed by atoms with E-state index in [0.717, 1.165) is 10.0 Å². The molecule has 1 amide bonds. The van der Waals surface area contributed by atoms with Crippen molar-refractivity contribution < 1.29 is 14.3 Å². The number of benzene rings is 1. The molecule has 0 unspecified atom stereocenters. The summed E-state index contributed by atoms with van der Waals surface area (Å²) in [6.45, 7) is 2.78. The van der Waals surface area contributed by atoms with Gasteiger partial charge in [0.25, 0.3) is 5.91 Å². The second kappa shape index (κ2) is 8.14. The quantitative estimate of drug-likeness (QED) is 0.745. The first-order chi connectivity index (χ1) is 9.04. The van der Waals surface area contributed by atoms with Crippen LogP contribution in [0.3, 0.4) is 0 Å². The van der Waals surface area contributed by atoms with Crippen molar-refractivity contribution in [2.75, 3.05) is 26.9 Å². The Bertz CT molecular complexity index is 424. The number of carbonyl (C=O) groups is 1. The molecule has 3 N–H and O–H groups in total. The number of hydrogen-bond acceptors (Lipinski definition) is 4. The van der Waals surface area contributed by atoms with Crippen molar-refractivity contribution in [3.63, 3.8) is 0 Å². The lowest BCUT2D eigenvalue weighted by Gasteiger charge is -2.14. The average Bonchev–Trinajstić information content (AvgIpc) is 2.36. The SMILES string of the molecule is COCCNC(=O)COc1cc(Br)ccc1[C@H](C)N. The zero-order valence-corrected chi connectivity index (χ0v) is 12.7. The fourth-order valence-electron chi connectivity index (χ4n) is 1.50. The molecular formula is C13H19BrN2O3. The van der Waals surface area contributed by atoms with Gasteiger partial charge in [0.05, 0.1) is 6.61 Å². The van der Waals surface area contributed by atoms with Crippen LogP contribution in [0.15, 0.2) is 22.7 Å². The average molecular weight is 331 g/mol. The fourth-order valence-corrected chi connectivity index (χ4v) is 1.84. The Labute approximate surface area is 121 Å². The lowest BCUT2D eigenvalue weighted by atomic mass is 10.1. The molecular weight excluding hydrogens is 312 g/mol. The van der Waals surface area contributed by atoms with Gasteiger partial charge in [-0.15, -0.1) is 0 Å². The number of methoxy groups -OCH3 is 1. The van der Waals surface area contributed by atoms with Crippen molar-refractivity contribution in [3.05, 3.63) is 28.2 Å². The molecule has 1 rings (SSSR count). The highest BCUT2D eigenvalue weighted by Gasteiger charge is 2.10. The summed E-state index contributed by atoms with van der Waals surface area (Å²) in [5.74, 6) is 0.430. The van der Waals surface area contributed by atoms with E-state index in [9.17, 15) is 4.79 Å². The van der Waals surface area contributed by atoms with E-state index in [1.807, 2.05) is 19.1 Å². The van der Waals surface area contributed by atoms with Crippen molar-refractivity contribution in [1.82, 2.24) is 5.32 Å². The molecule has 106 valence electrons. The maximum absolute atomic E-state index is 11.5. The van der Waals surface area contributed by atoms with Crippen molar-refractivity contribution in [2.24, 2.45) is 5.73 Å². The molecule has 0 bridgehead atoms. The van der Waals surface area contributed by atoms with Gasteiger partial charge in [-0.25, -0.2) is 0 Å². The Morgan fingerprint density at radius 2 is 2.26 bits per heavy atom. The van der Waals surface area contributed by atoms with Crippen molar-refractivity contribution >= 4 is 21.8 Å². The highest BCUT2D eigenvalue weighted by Crippen LogP contribution is 2.27. The molecule has 0 aliphatic rings. The topological polar surface area (TPSA) is 73.6 Å². The first-order valence-corrected chi connectivity index (χ1v) is 6.77. The van der Waals surface area contributed by atoms with E-state index in [4.69, 9.17) is 15.2 Å². The number of carbonyl (C=O) groups excluding carboxylic acids is 1. The minimum Gasteiger partial charge on any atom is -0.483 e. The molecule has 0 heterocycles. The Morgan fingerprint density at radius 3 is 2.89 bits per heavy atom. The summed E-state index contributed by atoms with van der Waals surface area (Å²) in [5.41, 5.74) is 6.73. The minimum atomic E-state index is -0.187. The normalized spacial score (nSPS) is 12.0. The van der Waals surface area contributed by atoms with Crippen LogP contribution < -0.4 is 15.8 Å². The van der Waals surface area contributed by atoms with E-state index in [1.54, 1.807) is 13.2 Å². The summed E-state index contributed by atoms with van der Waals surface area (Å²) < 4.78 is 11.2. The molecule has 0 saturated carbocycles. The maximum Gasteiger partial charge on any atom is 0.258 e. The molecule has 0 aliphatic heterocycles. The van der Waals surface area contributed by atoms with Gasteiger partial charge in [0.15, 0.2) is 6.61 Å². The molecule has 1 aromatic carbocycles. The van der Waals surface area contributed by atoms with Crippen LogP contribution in [0, 0.1) is 0 Å². The van der Waals surface area contributed by atoms with Crippen LogP contribution in [-0.2, 0) is 9.53 Å². The van der Waals surface area contributed by atoms with E-state index in [0.29, 0.717) is 18.9 Å². The van der Waals surface area contributed by atoms with Gasteiger partial charge in [0.1, 0.15) is 5.75 Å². The summed E-state index contributed by atoms with van der Waals surface area (Å²) in [6.07, 6.45) is 0. The Kier molecular flexibility index (Phi) is 6.83. The van der Waals surface area contributed by atoms with E-state index >= 15 is 0 Å². The van der Waals surface area contributed by atoms with Gasteiger partial charge in [0, 0.05) is 29.7 Å². The summed E-state index contributed by atoms with van der Waals surface area (Å²) in [4.78, 5) is 11.5. The zero-order chi connectivity index (χ0) is 14.3. The van der Waals surface area contributed by atoms with Crippen LogP contribution in [0.1, 0.15) is 18.5 Å². The number of halogens is 1. The maximum atomic E-state index is 11.5. The van der Waals surface area contributed by atoms with Gasteiger partial charge in [-0.2, -0.15) is 0 Å². The van der Waals surface area contributed by atoms with Crippen molar-refractivity contribution in [3.8, 4) is 5.75 Å². The third kappa shape index (κ3) is 5.59. The molecule has 0 aromatic heterocycles. The van der Waals surface area contributed by atoms with E-state index in [2.05, 4.69) is 21.2 Å². The third-order valence-corrected chi connectivity index (χ3v) is 2.95. The number of nitrogens with one attached hydrogen (secondary N) is 1. The Hall–Kier alpha value is -1.11. The van der Waals surface area contributed by atoms with E-state index in [1.165, 1.54) is 0 Å². The molecule has 1 atom stereocenters. The molecule has 1 aromatic rings. The van der Waals surface area contributed by atoms with Crippen LogP contribution >= 0.6 is 15.9 Å². The van der Waals surface area contributed by atoms with Crippen LogP contribution in [0.25, 0.3) is 0 Å². The van der Waals surface area contributed by atoms with E-state index in [-0.39, 0.29) is 18.6 Å². The standard InChI is InChI=1S/C13H19BrN2O3/c1-9(15)11-4-3-10(14)7-12(11)19-8-13(17)16-5-6-18-2/h3-4,7,9H,5-6,8,15H2,1-2H3,(H,16,17)/t9-/m0/s1. The molecule has 0 fully saturated rings. The molecule has 5 nitrogen and oxygen atoms in total. The number of ether oxygens (including phenoxy) is 2.